The van der Waals surface area contributed by atoms with Gasteiger partial charge in [0, 0.05) is 36.1 Å². The number of benzene rings is 1. The fourth-order valence-electron chi connectivity index (χ4n) is 3.98. The summed E-state index contributed by atoms with van der Waals surface area (Å²) in [5.41, 5.74) is 1.48. The highest BCUT2D eigenvalue weighted by Crippen LogP contribution is 2.23. The zero-order valence-corrected chi connectivity index (χ0v) is 17.3. The number of amides is 1. The van der Waals surface area contributed by atoms with Crippen LogP contribution in [0.1, 0.15) is 29.8 Å². The normalized spacial score (nSPS) is 16.7. The van der Waals surface area contributed by atoms with E-state index in [1.54, 1.807) is 44.5 Å². The highest BCUT2D eigenvalue weighted by Gasteiger charge is 2.29. The van der Waals surface area contributed by atoms with E-state index in [0.29, 0.717) is 23.8 Å². The van der Waals surface area contributed by atoms with Crippen LogP contribution in [-0.4, -0.2) is 49.1 Å². The average molecular weight is 427 g/mol. The van der Waals surface area contributed by atoms with Crippen molar-refractivity contribution in [2.24, 2.45) is 0 Å². The Hall–Kier alpha value is -2.90. The number of aliphatic hydroxyl groups is 1. The maximum atomic E-state index is 13.2. The van der Waals surface area contributed by atoms with E-state index in [2.05, 4.69) is 11.6 Å². The molecule has 0 aliphatic carbocycles. The van der Waals surface area contributed by atoms with E-state index in [4.69, 9.17) is 11.6 Å². The molecule has 1 amide bonds. The highest BCUT2D eigenvalue weighted by atomic mass is 35.5. The van der Waals surface area contributed by atoms with E-state index in [1.165, 1.54) is 0 Å². The number of likely N-dealkylation sites (tertiary alicyclic amines) is 1. The minimum Gasteiger partial charge on any atom is -0.394 e. The monoisotopic (exact) mass is 426 g/mol. The van der Waals surface area contributed by atoms with Crippen LogP contribution >= 0.6 is 11.6 Å². The van der Waals surface area contributed by atoms with E-state index in [1.807, 2.05) is 12.1 Å². The number of allylic oxidation sites excluding steroid dienone is 1. The highest BCUT2D eigenvalue weighted by molar-refractivity contribution is 6.30. The summed E-state index contributed by atoms with van der Waals surface area (Å²) in [7, 11) is 0. The van der Waals surface area contributed by atoms with Crippen LogP contribution in [0.5, 0.6) is 0 Å². The lowest BCUT2D eigenvalue weighted by molar-refractivity contribution is 0.0498. The summed E-state index contributed by atoms with van der Waals surface area (Å²) in [5.74, 6) is -0.267. The summed E-state index contributed by atoms with van der Waals surface area (Å²) >= 11 is 6.14. The third kappa shape index (κ3) is 3.66. The first-order valence-electron chi connectivity index (χ1n) is 9.94. The number of carbonyl (C=O) groups excluding carboxylic acids is 1. The van der Waals surface area contributed by atoms with Crippen molar-refractivity contribution in [3.63, 3.8) is 0 Å². The molecule has 156 valence electrons. The molecule has 2 aromatic heterocycles. The molecule has 30 heavy (non-hydrogen) atoms. The third-order valence-electron chi connectivity index (χ3n) is 5.47. The Morgan fingerprint density at radius 2 is 2.17 bits per heavy atom. The summed E-state index contributed by atoms with van der Waals surface area (Å²) < 4.78 is 3.15. The van der Waals surface area contributed by atoms with Crippen LogP contribution in [0.25, 0.3) is 16.9 Å². The van der Waals surface area contributed by atoms with Gasteiger partial charge in [0.05, 0.1) is 18.3 Å². The Balaban J connectivity index is 1.83. The molecule has 1 fully saturated rings. The predicted octanol–water partition coefficient (Wildman–Crippen LogP) is 2.99. The minimum atomic E-state index is -0.316. The summed E-state index contributed by atoms with van der Waals surface area (Å²) in [6, 6.07) is 7.03. The van der Waals surface area contributed by atoms with Crippen LogP contribution in [0.2, 0.25) is 5.02 Å². The molecule has 1 saturated heterocycles. The fourth-order valence-corrected chi connectivity index (χ4v) is 4.17. The topological polar surface area (TPSA) is 79.8 Å². The average Bonchev–Trinajstić information content (AvgIpc) is 3.19. The number of hydrogen-bond donors (Lipinski definition) is 1. The van der Waals surface area contributed by atoms with Crippen LogP contribution in [0, 0.1) is 0 Å². The van der Waals surface area contributed by atoms with Crippen molar-refractivity contribution in [3.05, 3.63) is 70.4 Å². The van der Waals surface area contributed by atoms with Gasteiger partial charge < -0.3 is 10.0 Å². The smallest absolute Gasteiger partial charge is 0.295 e. The fraction of sp³-hybridized carbons (Fsp3) is 0.318. The molecule has 1 aromatic carbocycles. The summed E-state index contributed by atoms with van der Waals surface area (Å²) in [6.07, 6.45) is 7.63. The van der Waals surface area contributed by atoms with Gasteiger partial charge in [-0.1, -0.05) is 29.8 Å². The zero-order chi connectivity index (χ0) is 21.3. The summed E-state index contributed by atoms with van der Waals surface area (Å²) in [5, 5.41) is 10.2. The quantitative estimate of drug-likeness (QED) is 0.636. The Morgan fingerprint density at radius 3 is 2.90 bits per heavy atom. The van der Waals surface area contributed by atoms with Crippen LogP contribution in [0.4, 0.5) is 0 Å². The molecular weight excluding hydrogens is 404 g/mol. The zero-order valence-electron chi connectivity index (χ0n) is 16.5. The van der Waals surface area contributed by atoms with Gasteiger partial charge in [-0.05, 0) is 31.4 Å². The van der Waals surface area contributed by atoms with Gasteiger partial charge in [-0.3, -0.25) is 18.6 Å². The standard InChI is InChI=1S/C22H23ClN4O3/c1-2-9-27-19(15-6-5-7-16(23)11-15)13-25-12-18(24-20(25)22(27)30)21(29)26-10-4-3-8-17(26)14-28/h2,5-7,11-13,17,28H,1,3-4,8-10,14H2. The lowest BCUT2D eigenvalue weighted by Crippen LogP contribution is -2.45. The van der Waals surface area contributed by atoms with E-state index >= 15 is 0 Å². The maximum Gasteiger partial charge on any atom is 0.295 e. The van der Waals surface area contributed by atoms with Gasteiger partial charge in [-0.25, -0.2) is 4.98 Å². The lowest BCUT2D eigenvalue weighted by atomic mass is 10.0. The van der Waals surface area contributed by atoms with Crippen molar-refractivity contribution in [3.8, 4) is 11.3 Å². The second kappa shape index (κ2) is 8.45. The molecule has 0 bridgehead atoms. The molecule has 0 saturated carbocycles. The van der Waals surface area contributed by atoms with Crippen molar-refractivity contribution in [2.45, 2.75) is 31.8 Å². The lowest BCUT2D eigenvalue weighted by Gasteiger charge is -2.34. The Labute approximate surface area is 178 Å². The number of nitrogens with zero attached hydrogens (tertiary/aromatic N) is 4. The molecule has 3 heterocycles. The molecule has 0 radical (unpaired) electrons. The van der Waals surface area contributed by atoms with Crippen molar-refractivity contribution in [1.29, 1.82) is 0 Å². The van der Waals surface area contributed by atoms with Crippen LogP contribution in [0.15, 0.2) is 54.1 Å². The Kier molecular flexibility index (Phi) is 5.74. The van der Waals surface area contributed by atoms with Crippen LogP contribution in [-0.2, 0) is 6.54 Å². The van der Waals surface area contributed by atoms with Crippen LogP contribution in [0.3, 0.4) is 0 Å². The van der Waals surface area contributed by atoms with E-state index in [9.17, 15) is 14.7 Å². The SMILES string of the molecule is C=CCn1c(-c2cccc(Cl)c2)cn2cc(C(=O)N3CCCCC3CO)nc2c1=O. The molecule has 3 aromatic rings. The number of aliphatic hydroxyl groups excluding tert-OH is 1. The minimum absolute atomic E-state index is 0.0792. The first-order chi connectivity index (χ1) is 14.5. The number of imidazole rings is 1. The van der Waals surface area contributed by atoms with Gasteiger partial charge in [0.15, 0.2) is 0 Å². The summed E-state index contributed by atoms with van der Waals surface area (Å²) in [4.78, 5) is 32.2. The number of halogens is 1. The Bertz CT molecular complexity index is 1170. The molecule has 1 N–H and O–H groups in total. The van der Waals surface area contributed by atoms with Crippen molar-refractivity contribution >= 4 is 23.2 Å². The number of carbonyl (C=O) groups is 1. The second-order valence-corrected chi connectivity index (χ2v) is 7.85. The maximum absolute atomic E-state index is 13.2. The van der Waals surface area contributed by atoms with Gasteiger partial charge in [0.25, 0.3) is 11.5 Å². The van der Waals surface area contributed by atoms with Gasteiger partial charge in [0.1, 0.15) is 5.69 Å². The first-order valence-corrected chi connectivity index (χ1v) is 10.3. The van der Waals surface area contributed by atoms with Crippen molar-refractivity contribution in [1.82, 2.24) is 18.9 Å². The van der Waals surface area contributed by atoms with E-state index < -0.39 is 0 Å². The molecule has 1 aliphatic heterocycles. The van der Waals surface area contributed by atoms with Crippen molar-refractivity contribution < 1.29 is 9.90 Å². The number of hydrogen-bond acceptors (Lipinski definition) is 4. The molecule has 1 atom stereocenters. The molecule has 8 heteroatoms. The third-order valence-corrected chi connectivity index (χ3v) is 5.71. The van der Waals surface area contributed by atoms with E-state index in [-0.39, 0.29) is 35.5 Å². The van der Waals surface area contributed by atoms with Gasteiger partial charge >= 0.3 is 0 Å². The number of piperidine rings is 1. The summed E-state index contributed by atoms with van der Waals surface area (Å²) in [6.45, 7) is 4.54. The van der Waals surface area contributed by atoms with Crippen molar-refractivity contribution in [2.75, 3.05) is 13.2 Å². The van der Waals surface area contributed by atoms with Gasteiger partial charge in [-0.15, -0.1) is 6.58 Å². The molecule has 1 unspecified atom stereocenters. The van der Waals surface area contributed by atoms with Gasteiger partial charge in [0.2, 0.25) is 5.65 Å². The van der Waals surface area contributed by atoms with E-state index in [0.717, 1.165) is 24.8 Å². The molecule has 7 nitrogen and oxygen atoms in total. The predicted molar refractivity (Wildman–Crippen MR) is 116 cm³/mol. The molecule has 0 spiro atoms. The molecular formula is C22H23ClN4O3. The Morgan fingerprint density at radius 1 is 1.33 bits per heavy atom. The first kappa shape index (κ1) is 20.4. The molecule has 1 aliphatic rings. The largest absolute Gasteiger partial charge is 0.394 e. The van der Waals surface area contributed by atoms with Gasteiger partial charge in [-0.2, -0.15) is 0 Å². The van der Waals surface area contributed by atoms with Crippen LogP contribution < -0.4 is 5.56 Å². The number of rotatable bonds is 5. The number of aromatic nitrogens is 3. The number of fused-ring (bicyclic) bond motifs is 1. The molecule has 4 rings (SSSR count). The second-order valence-electron chi connectivity index (χ2n) is 7.42.